The molecule has 31 heavy (non-hydrogen) atoms. The summed E-state index contributed by atoms with van der Waals surface area (Å²) in [6, 6.07) is 17.3. The lowest BCUT2D eigenvalue weighted by molar-refractivity contribution is -0.117. The van der Waals surface area contributed by atoms with Gasteiger partial charge >= 0.3 is 0 Å². The lowest BCUT2D eigenvalue weighted by Gasteiger charge is -2.10. The van der Waals surface area contributed by atoms with Gasteiger partial charge in [-0.2, -0.15) is 0 Å². The van der Waals surface area contributed by atoms with E-state index >= 15 is 0 Å². The van der Waals surface area contributed by atoms with E-state index in [1.807, 2.05) is 42.6 Å². The second-order valence-corrected chi connectivity index (χ2v) is 9.62. The third-order valence-corrected chi connectivity index (χ3v) is 7.10. The van der Waals surface area contributed by atoms with Crippen molar-refractivity contribution in [2.75, 3.05) is 5.32 Å². The van der Waals surface area contributed by atoms with Crippen LogP contribution in [0, 0.1) is 0 Å². The summed E-state index contributed by atoms with van der Waals surface area (Å²) in [6.07, 6.45) is 3.59. The second-order valence-electron chi connectivity index (χ2n) is 6.92. The van der Waals surface area contributed by atoms with Crippen molar-refractivity contribution in [2.24, 2.45) is 4.99 Å². The van der Waals surface area contributed by atoms with E-state index in [-0.39, 0.29) is 16.6 Å². The van der Waals surface area contributed by atoms with E-state index < -0.39 is 16.1 Å². The minimum Gasteiger partial charge on any atom is -0.324 e. The van der Waals surface area contributed by atoms with Crippen molar-refractivity contribution in [2.45, 2.75) is 28.5 Å². The van der Waals surface area contributed by atoms with Crippen LogP contribution in [0.15, 0.2) is 87.8 Å². The smallest absolute Gasteiger partial charge is 0.263 e. The van der Waals surface area contributed by atoms with E-state index in [0.29, 0.717) is 11.3 Å². The first-order chi connectivity index (χ1) is 14.9. The molecule has 0 saturated carbocycles. The monoisotopic (exact) mass is 452 g/mol. The molecule has 0 radical (unpaired) electrons. The Morgan fingerprint density at radius 3 is 2.65 bits per heavy atom. The number of nitrogens with zero attached hydrogens (tertiary/aromatic N) is 2. The molecule has 1 aliphatic heterocycles. The summed E-state index contributed by atoms with van der Waals surface area (Å²) in [4.78, 5) is 22.2. The third-order valence-electron chi connectivity index (χ3n) is 4.62. The molecule has 1 atom stereocenters. The number of pyridine rings is 1. The minimum atomic E-state index is -3.63. The van der Waals surface area contributed by atoms with Crippen LogP contribution in [0.4, 0.5) is 5.69 Å². The van der Waals surface area contributed by atoms with Crippen molar-refractivity contribution in [3.05, 3.63) is 84.2 Å². The number of thioether (sulfide) groups is 1. The lowest BCUT2D eigenvalue weighted by atomic mass is 10.2. The zero-order valence-corrected chi connectivity index (χ0v) is 18.3. The molecular formula is C22H20N4O3S2. The van der Waals surface area contributed by atoms with Crippen LogP contribution in [0.2, 0.25) is 0 Å². The number of amides is 1. The number of aliphatic imine (C=N–C) groups is 1. The van der Waals surface area contributed by atoms with Crippen LogP contribution < -0.4 is 10.0 Å². The molecule has 0 fully saturated rings. The fraction of sp³-hybridized carbons (Fsp3) is 0.136. The fourth-order valence-electron chi connectivity index (χ4n) is 3.01. The molecule has 3 aromatic rings. The molecular weight excluding hydrogens is 432 g/mol. The van der Waals surface area contributed by atoms with E-state index in [2.05, 4.69) is 20.0 Å². The van der Waals surface area contributed by atoms with Gasteiger partial charge in [0.15, 0.2) is 0 Å². The predicted molar refractivity (Wildman–Crippen MR) is 122 cm³/mol. The molecule has 2 aromatic carbocycles. The van der Waals surface area contributed by atoms with Crippen molar-refractivity contribution in [3.63, 3.8) is 0 Å². The number of hydrogen-bond acceptors (Lipinski definition) is 6. The van der Waals surface area contributed by atoms with Gasteiger partial charge in [-0.15, -0.1) is 11.8 Å². The molecule has 4 rings (SSSR count). The minimum absolute atomic E-state index is 0.167. The van der Waals surface area contributed by atoms with Crippen molar-refractivity contribution >= 4 is 39.2 Å². The number of nitrogens with one attached hydrogen (secondary N) is 2. The predicted octanol–water partition coefficient (Wildman–Crippen LogP) is 3.44. The highest BCUT2D eigenvalue weighted by atomic mass is 32.2. The number of amidine groups is 1. The van der Waals surface area contributed by atoms with Gasteiger partial charge in [-0.25, -0.2) is 8.42 Å². The van der Waals surface area contributed by atoms with Gasteiger partial charge in [-0.3, -0.25) is 19.5 Å². The summed E-state index contributed by atoms with van der Waals surface area (Å²) in [5, 5.41) is 2.82. The van der Waals surface area contributed by atoms with Crippen LogP contribution in [-0.2, 0) is 20.6 Å². The van der Waals surface area contributed by atoms with E-state index in [1.165, 1.54) is 6.07 Å². The molecule has 0 spiro atoms. The van der Waals surface area contributed by atoms with Crippen LogP contribution in [-0.4, -0.2) is 31.2 Å². The van der Waals surface area contributed by atoms with E-state index in [1.54, 1.807) is 43.1 Å². The van der Waals surface area contributed by atoms with Crippen LogP contribution in [0.5, 0.6) is 0 Å². The number of benzene rings is 2. The summed E-state index contributed by atoms with van der Waals surface area (Å²) in [5.74, 6) is 0.665. The zero-order valence-electron chi connectivity index (χ0n) is 16.6. The highest BCUT2D eigenvalue weighted by Crippen LogP contribution is 2.25. The summed E-state index contributed by atoms with van der Waals surface area (Å²) >= 11 is 1.68. The van der Waals surface area contributed by atoms with Crippen LogP contribution >= 0.6 is 11.8 Å². The molecule has 1 aliphatic rings. The van der Waals surface area contributed by atoms with Gasteiger partial charge in [0.25, 0.3) is 10.0 Å². The average Bonchev–Trinajstić information content (AvgIpc) is 3.04. The Morgan fingerprint density at radius 2 is 1.90 bits per heavy atom. The molecule has 0 bridgehead atoms. The number of hydrogen-bond donors (Lipinski definition) is 2. The molecule has 0 unspecified atom stereocenters. The zero-order chi connectivity index (χ0) is 21.8. The molecule has 1 amide bonds. The highest BCUT2D eigenvalue weighted by molar-refractivity contribution is 7.98. The molecule has 0 saturated heterocycles. The highest BCUT2D eigenvalue weighted by Gasteiger charge is 2.31. The molecule has 1 aromatic heterocycles. The normalized spacial score (nSPS) is 16.4. The molecule has 2 heterocycles. The fourth-order valence-corrected chi connectivity index (χ4v) is 5.09. The summed E-state index contributed by atoms with van der Waals surface area (Å²) in [6.45, 7) is 1.62. The second kappa shape index (κ2) is 8.91. The lowest BCUT2D eigenvalue weighted by Crippen LogP contribution is -2.28. The van der Waals surface area contributed by atoms with Gasteiger partial charge in [0, 0.05) is 34.3 Å². The number of fused-ring (bicyclic) bond motifs is 1. The first-order valence-electron chi connectivity index (χ1n) is 9.55. The Morgan fingerprint density at radius 1 is 1.13 bits per heavy atom. The van der Waals surface area contributed by atoms with Gasteiger partial charge < -0.3 is 5.32 Å². The first kappa shape index (κ1) is 21.1. The van der Waals surface area contributed by atoms with Gasteiger partial charge in [0.2, 0.25) is 5.91 Å². The molecule has 2 N–H and O–H groups in total. The molecule has 9 heteroatoms. The van der Waals surface area contributed by atoms with Crippen molar-refractivity contribution in [1.82, 2.24) is 9.71 Å². The largest absolute Gasteiger partial charge is 0.324 e. The number of sulfonamides is 1. The van der Waals surface area contributed by atoms with Crippen molar-refractivity contribution in [1.29, 1.82) is 0 Å². The number of aromatic nitrogens is 1. The Kier molecular flexibility index (Phi) is 6.06. The van der Waals surface area contributed by atoms with E-state index in [4.69, 9.17) is 0 Å². The Balaban J connectivity index is 1.39. The maximum Gasteiger partial charge on any atom is 0.263 e. The Hall–Kier alpha value is -3.17. The molecule has 7 nitrogen and oxygen atoms in total. The SMILES string of the molecule is C[C@H](N=C1NS(=O)(=O)c2ccccc21)C(=O)Nc1ccc(SCc2cccnc2)cc1. The number of rotatable bonds is 6. The van der Waals surface area contributed by atoms with Crippen molar-refractivity contribution in [3.8, 4) is 0 Å². The van der Waals surface area contributed by atoms with Crippen LogP contribution in [0.25, 0.3) is 0 Å². The standard InChI is InChI=1S/C22H20N4O3S2/c1-15(24-21-19-6-2-3-7-20(19)31(28,29)26-21)22(27)25-17-8-10-18(11-9-17)30-14-16-5-4-12-23-13-16/h2-13,15H,14H2,1H3,(H,24,26)(H,25,27)/t15-/m0/s1. The van der Waals surface area contributed by atoms with Gasteiger partial charge in [0.05, 0.1) is 4.90 Å². The Bertz CT molecular complexity index is 1230. The van der Waals surface area contributed by atoms with Crippen molar-refractivity contribution < 1.29 is 13.2 Å². The van der Waals surface area contributed by atoms with Gasteiger partial charge in [-0.1, -0.05) is 18.2 Å². The van der Waals surface area contributed by atoms with E-state index in [9.17, 15) is 13.2 Å². The average molecular weight is 453 g/mol. The number of anilines is 1. The van der Waals surface area contributed by atoms with Gasteiger partial charge in [0.1, 0.15) is 11.9 Å². The number of carbonyl (C=O) groups excluding carboxylic acids is 1. The van der Waals surface area contributed by atoms with Crippen LogP contribution in [0.1, 0.15) is 18.1 Å². The first-order valence-corrected chi connectivity index (χ1v) is 12.0. The summed E-state index contributed by atoms with van der Waals surface area (Å²) in [7, 11) is -3.63. The van der Waals surface area contributed by atoms with Crippen LogP contribution in [0.3, 0.4) is 0 Å². The third kappa shape index (κ3) is 4.95. The van der Waals surface area contributed by atoms with Gasteiger partial charge in [-0.05, 0) is 55.0 Å². The van der Waals surface area contributed by atoms with E-state index in [0.717, 1.165) is 16.2 Å². The maximum atomic E-state index is 12.6. The molecule has 158 valence electrons. The quantitative estimate of drug-likeness (QED) is 0.558. The summed E-state index contributed by atoms with van der Waals surface area (Å²) < 4.78 is 26.8. The Labute approximate surface area is 185 Å². The summed E-state index contributed by atoms with van der Waals surface area (Å²) in [5.41, 5.74) is 2.26. The maximum absolute atomic E-state index is 12.6. The topological polar surface area (TPSA) is 101 Å². The molecule has 0 aliphatic carbocycles. The number of carbonyl (C=O) groups is 1.